The molecular weight excluding hydrogens is 259 g/mol. The number of carbonyl (C=O) groups excluding carboxylic acids is 1. The number of rotatable bonds is 3. The van der Waals surface area contributed by atoms with Gasteiger partial charge in [-0.3, -0.25) is 5.43 Å². The highest BCUT2D eigenvalue weighted by atomic mass is 35.5. The van der Waals surface area contributed by atoms with Gasteiger partial charge < -0.3 is 4.74 Å². The van der Waals surface area contributed by atoms with E-state index in [0.717, 1.165) is 0 Å². The number of hydrogen-bond acceptors (Lipinski definition) is 3. The Morgan fingerprint density at radius 1 is 1.44 bits per heavy atom. The van der Waals surface area contributed by atoms with Gasteiger partial charge in [-0.1, -0.05) is 23.7 Å². The minimum Gasteiger partial charge on any atom is -0.443 e. The minimum atomic E-state index is -0.602. The third-order valence-electron chi connectivity index (χ3n) is 1.90. The molecule has 0 aliphatic heterocycles. The van der Waals surface area contributed by atoms with Gasteiger partial charge in [0.1, 0.15) is 11.4 Å². The van der Waals surface area contributed by atoms with E-state index >= 15 is 0 Å². The van der Waals surface area contributed by atoms with E-state index in [9.17, 15) is 9.18 Å². The zero-order valence-corrected chi connectivity index (χ0v) is 11.3. The minimum absolute atomic E-state index is 0.0380. The molecule has 0 fully saturated rings. The monoisotopic (exact) mass is 274 g/mol. The quantitative estimate of drug-likeness (QED) is 0.833. The van der Waals surface area contributed by atoms with Crippen molar-refractivity contribution in [3.63, 3.8) is 0 Å². The highest BCUT2D eigenvalue weighted by molar-refractivity contribution is 6.31. The van der Waals surface area contributed by atoms with Crippen LogP contribution in [0.3, 0.4) is 0 Å². The fourth-order valence-electron chi connectivity index (χ4n) is 1.20. The summed E-state index contributed by atoms with van der Waals surface area (Å²) in [6.07, 6.45) is -0.602. The second-order valence-corrected chi connectivity index (χ2v) is 5.07. The molecule has 1 amide bonds. The largest absolute Gasteiger partial charge is 0.443 e. The topological polar surface area (TPSA) is 50.4 Å². The number of halogens is 2. The number of hydrazine groups is 1. The van der Waals surface area contributed by atoms with E-state index in [1.54, 1.807) is 32.9 Å². The molecule has 0 atom stereocenters. The molecular formula is C12H16ClFN2O2. The van der Waals surface area contributed by atoms with Crippen LogP contribution < -0.4 is 10.9 Å². The van der Waals surface area contributed by atoms with E-state index in [2.05, 4.69) is 10.9 Å². The maximum atomic E-state index is 13.1. The molecule has 0 radical (unpaired) electrons. The van der Waals surface area contributed by atoms with Crippen molar-refractivity contribution in [2.24, 2.45) is 0 Å². The second kappa shape index (κ2) is 6.02. The molecule has 0 aromatic heterocycles. The fourth-order valence-corrected chi connectivity index (χ4v) is 1.39. The first-order chi connectivity index (χ1) is 8.29. The Balaban J connectivity index is 2.43. The summed E-state index contributed by atoms with van der Waals surface area (Å²) in [7, 11) is 0. The van der Waals surface area contributed by atoms with Crippen molar-refractivity contribution in [1.29, 1.82) is 0 Å². The summed E-state index contributed by atoms with van der Waals surface area (Å²) in [5, 5.41) is 0.0380. The molecule has 0 spiro atoms. The fraction of sp³-hybridized carbons (Fsp3) is 0.417. The van der Waals surface area contributed by atoms with Crippen molar-refractivity contribution in [3.05, 3.63) is 34.6 Å². The van der Waals surface area contributed by atoms with Crippen molar-refractivity contribution in [2.75, 3.05) is 0 Å². The summed E-state index contributed by atoms with van der Waals surface area (Å²) >= 11 is 5.76. The number of ether oxygens (including phenoxy) is 1. The lowest BCUT2D eigenvalue weighted by atomic mass is 10.2. The van der Waals surface area contributed by atoms with Crippen LogP contribution in [0.15, 0.2) is 18.2 Å². The molecule has 0 saturated heterocycles. The Morgan fingerprint density at radius 3 is 2.72 bits per heavy atom. The molecule has 2 N–H and O–H groups in total. The summed E-state index contributed by atoms with van der Waals surface area (Å²) < 4.78 is 18.1. The van der Waals surface area contributed by atoms with Crippen LogP contribution in [-0.4, -0.2) is 11.7 Å². The molecule has 0 unspecified atom stereocenters. The SMILES string of the molecule is CC(C)(C)OC(=O)NNCc1cccc(F)c1Cl. The molecule has 4 nitrogen and oxygen atoms in total. The molecule has 100 valence electrons. The second-order valence-electron chi connectivity index (χ2n) is 4.69. The van der Waals surface area contributed by atoms with Gasteiger partial charge in [-0.2, -0.15) is 0 Å². The Bertz CT molecular complexity index is 433. The van der Waals surface area contributed by atoms with E-state index in [0.29, 0.717) is 5.56 Å². The van der Waals surface area contributed by atoms with Crippen LogP contribution in [0.25, 0.3) is 0 Å². The lowest BCUT2D eigenvalue weighted by Crippen LogP contribution is -2.40. The summed E-state index contributed by atoms with van der Waals surface area (Å²) in [6.45, 7) is 5.48. The van der Waals surface area contributed by atoms with E-state index in [1.165, 1.54) is 6.07 Å². The van der Waals surface area contributed by atoms with Crippen LogP contribution in [0.5, 0.6) is 0 Å². The number of carbonyl (C=O) groups is 1. The van der Waals surface area contributed by atoms with Crippen molar-refractivity contribution in [2.45, 2.75) is 32.9 Å². The van der Waals surface area contributed by atoms with Gasteiger partial charge in [0.05, 0.1) is 5.02 Å². The Hall–Kier alpha value is -1.33. The van der Waals surface area contributed by atoms with Crippen LogP contribution in [0.4, 0.5) is 9.18 Å². The summed E-state index contributed by atoms with van der Waals surface area (Å²) in [4.78, 5) is 11.3. The average molecular weight is 275 g/mol. The lowest BCUT2D eigenvalue weighted by molar-refractivity contribution is 0.0497. The molecule has 1 aromatic rings. The van der Waals surface area contributed by atoms with Gasteiger partial charge in [-0.05, 0) is 32.4 Å². The summed E-state index contributed by atoms with van der Waals surface area (Å²) in [5.74, 6) is -0.492. The lowest BCUT2D eigenvalue weighted by Gasteiger charge is -2.19. The van der Waals surface area contributed by atoms with Gasteiger partial charge in [0, 0.05) is 6.54 Å². The first-order valence-corrected chi connectivity index (χ1v) is 5.82. The van der Waals surface area contributed by atoms with E-state index in [4.69, 9.17) is 16.3 Å². The van der Waals surface area contributed by atoms with Crippen LogP contribution in [-0.2, 0) is 11.3 Å². The van der Waals surface area contributed by atoms with Crippen LogP contribution >= 0.6 is 11.6 Å². The Morgan fingerprint density at radius 2 is 2.11 bits per heavy atom. The highest BCUT2D eigenvalue weighted by Crippen LogP contribution is 2.19. The molecule has 1 rings (SSSR count). The predicted molar refractivity (Wildman–Crippen MR) is 67.6 cm³/mol. The van der Waals surface area contributed by atoms with Crippen molar-refractivity contribution in [3.8, 4) is 0 Å². The van der Waals surface area contributed by atoms with Gasteiger partial charge in [-0.25, -0.2) is 14.6 Å². The summed E-state index contributed by atoms with van der Waals surface area (Å²) in [6, 6.07) is 4.48. The van der Waals surface area contributed by atoms with Crippen molar-refractivity contribution in [1.82, 2.24) is 10.9 Å². The smallest absolute Gasteiger partial charge is 0.422 e. The normalized spacial score (nSPS) is 11.2. The highest BCUT2D eigenvalue weighted by Gasteiger charge is 2.15. The van der Waals surface area contributed by atoms with Gasteiger partial charge in [-0.15, -0.1) is 0 Å². The zero-order chi connectivity index (χ0) is 13.8. The van der Waals surface area contributed by atoms with Gasteiger partial charge in [0.25, 0.3) is 0 Å². The maximum absolute atomic E-state index is 13.1. The first kappa shape index (κ1) is 14.7. The average Bonchev–Trinajstić information content (AvgIpc) is 2.21. The standard InChI is InChI=1S/C12H16ClFN2O2/c1-12(2,3)18-11(17)16-15-7-8-5-4-6-9(14)10(8)13/h4-6,15H,7H2,1-3H3,(H,16,17). The van der Waals surface area contributed by atoms with Crippen LogP contribution in [0, 0.1) is 5.82 Å². The molecule has 1 aromatic carbocycles. The molecule has 0 bridgehead atoms. The Kier molecular flexibility index (Phi) is 4.93. The van der Waals surface area contributed by atoms with Crippen LogP contribution in [0.1, 0.15) is 26.3 Å². The number of nitrogens with one attached hydrogen (secondary N) is 2. The predicted octanol–water partition coefficient (Wildman–Crippen LogP) is 3.01. The van der Waals surface area contributed by atoms with Crippen molar-refractivity contribution >= 4 is 17.7 Å². The van der Waals surface area contributed by atoms with Gasteiger partial charge in [0.15, 0.2) is 0 Å². The molecule has 0 saturated carbocycles. The molecule has 0 aliphatic rings. The van der Waals surface area contributed by atoms with E-state index in [1.807, 2.05) is 0 Å². The number of hydrogen-bond donors (Lipinski definition) is 2. The zero-order valence-electron chi connectivity index (χ0n) is 10.5. The van der Waals surface area contributed by atoms with E-state index < -0.39 is 17.5 Å². The summed E-state index contributed by atoms with van der Waals surface area (Å²) in [5.41, 5.74) is 4.94. The molecule has 0 aliphatic carbocycles. The van der Waals surface area contributed by atoms with Gasteiger partial charge >= 0.3 is 6.09 Å². The Labute approximate surface area is 110 Å². The van der Waals surface area contributed by atoms with E-state index in [-0.39, 0.29) is 11.6 Å². The number of benzene rings is 1. The molecule has 6 heteroatoms. The number of amides is 1. The van der Waals surface area contributed by atoms with Crippen molar-refractivity contribution < 1.29 is 13.9 Å². The third kappa shape index (κ3) is 4.89. The van der Waals surface area contributed by atoms with Crippen LogP contribution in [0.2, 0.25) is 5.02 Å². The third-order valence-corrected chi connectivity index (χ3v) is 2.32. The maximum Gasteiger partial charge on any atom is 0.422 e. The van der Waals surface area contributed by atoms with Gasteiger partial charge in [0.2, 0.25) is 0 Å². The molecule has 18 heavy (non-hydrogen) atoms. The molecule has 0 heterocycles. The first-order valence-electron chi connectivity index (χ1n) is 5.44.